The van der Waals surface area contributed by atoms with Crippen molar-refractivity contribution in [3.8, 4) is 0 Å². The summed E-state index contributed by atoms with van der Waals surface area (Å²) in [6.45, 7) is 7.44. The van der Waals surface area contributed by atoms with Crippen LogP contribution in [0, 0.1) is 10.4 Å². The fourth-order valence-electron chi connectivity index (χ4n) is 2.21. The van der Waals surface area contributed by atoms with Gasteiger partial charge in [-0.2, -0.15) is 0 Å². The van der Waals surface area contributed by atoms with Crippen LogP contribution in [0.25, 0.3) is 0 Å². The van der Waals surface area contributed by atoms with Crippen LogP contribution in [0.2, 0.25) is 0 Å². The average molecular weight is 202 g/mol. The van der Waals surface area contributed by atoms with Gasteiger partial charge in [0.25, 0.3) is 0 Å². The van der Waals surface area contributed by atoms with Crippen molar-refractivity contribution in [2.24, 2.45) is 0 Å². The van der Waals surface area contributed by atoms with Crippen molar-refractivity contribution in [3.05, 3.63) is 10.4 Å². The molecule has 0 unspecified atom stereocenters. The Morgan fingerprint density at radius 3 is 1.29 bits per heavy atom. The van der Waals surface area contributed by atoms with Gasteiger partial charge in [0, 0.05) is 0 Å². The first-order chi connectivity index (χ1) is 6.54. The Bertz CT molecular complexity index is 157. The van der Waals surface area contributed by atoms with E-state index >= 15 is 0 Å². The third kappa shape index (κ3) is 2.92. The first kappa shape index (κ1) is 11.9. The van der Waals surface area contributed by atoms with Crippen molar-refractivity contribution in [1.29, 1.82) is 0 Å². The Labute approximate surface area is 86.5 Å². The highest BCUT2D eigenvalue weighted by Gasteiger charge is 2.30. The highest BCUT2D eigenvalue weighted by atomic mass is 16.6. The summed E-state index contributed by atoms with van der Waals surface area (Å²) >= 11 is 0. The molecule has 84 valence electrons. The summed E-state index contributed by atoms with van der Waals surface area (Å²) in [7, 11) is 0. The van der Waals surface area contributed by atoms with E-state index in [-0.39, 0.29) is 9.29 Å². The highest BCUT2D eigenvalue weighted by Crippen LogP contribution is 2.18. The second-order valence-corrected chi connectivity index (χ2v) is 4.46. The van der Waals surface area contributed by atoms with E-state index < -0.39 is 0 Å². The second kappa shape index (κ2) is 4.57. The van der Waals surface area contributed by atoms with Crippen molar-refractivity contribution in [2.45, 2.75) is 26.7 Å². The Morgan fingerprint density at radius 1 is 0.786 bits per heavy atom. The normalized spacial score (nSPS) is 38.6. The SMILES string of the molecule is CCC[N+]1([O-])CC[N+]([O-])(CCC)CC1. The first-order valence-electron chi connectivity index (χ1n) is 5.68. The van der Waals surface area contributed by atoms with E-state index in [1.165, 1.54) is 0 Å². The predicted octanol–water partition coefficient (Wildman–Crippen LogP) is 1.45. The van der Waals surface area contributed by atoms with E-state index in [0.29, 0.717) is 39.3 Å². The molecule has 0 aromatic carbocycles. The lowest BCUT2D eigenvalue weighted by molar-refractivity contribution is -0.989. The number of hydroxylamine groups is 6. The molecule has 0 bridgehead atoms. The molecular formula is C10H22N2O2. The Kier molecular flexibility index (Phi) is 3.89. The van der Waals surface area contributed by atoms with Crippen LogP contribution < -0.4 is 0 Å². The van der Waals surface area contributed by atoms with Crippen LogP contribution in [0.5, 0.6) is 0 Å². The molecule has 0 aromatic heterocycles. The minimum absolute atomic E-state index is 0.136. The molecule has 0 aromatic rings. The molecule has 1 heterocycles. The van der Waals surface area contributed by atoms with Gasteiger partial charge in [0.2, 0.25) is 0 Å². The zero-order valence-corrected chi connectivity index (χ0v) is 9.37. The third-order valence-corrected chi connectivity index (χ3v) is 3.09. The van der Waals surface area contributed by atoms with Gasteiger partial charge in [-0.15, -0.1) is 0 Å². The van der Waals surface area contributed by atoms with Crippen molar-refractivity contribution < 1.29 is 9.29 Å². The molecule has 1 fully saturated rings. The van der Waals surface area contributed by atoms with Gasteiger partial charge in [0.05, 0.1) is 13.1 Å². The van der Waals surface area contributed by atoms with Gasteiger partial charge in [-0.1, -0.05) is 13.8 Å². The lowest BCUT2D eigenvalue weighted by atomic mass is 10.2. The average Bonchev–Trinajstić information content (AvgIpc) is 2.13. The molecule has 0 aliphatic carbocycles. The smallest absolute Gasteiger partial charge is 0.129 e. The van der Waals surface area contributed by atoms with Crippen LogP contribution in [-0.2, 0) is 0 Å². The lowest BCUT2D eigenvalue weighted by Gasteiger charge is -2.54. The zero-order chi connectivity index (χ0) is 10.7. The van der Waals surface area contributed by atoms with Crippen molar-refractivity contribution in [1.82, 2.24) is 0 Å². The monoisotopic (exact) mass is 202 g/mol. The maximum atomic E-state index is 12.0. The summed E-state index contributed by atoms with van der Waals surface area (Å²) in [5, 5.41) is 24.0. The number of hydrogen-bond donors (Lipinski definition) is 0. The molecule has 0 amide bonds. The summed E-state index contributed by atoms with van der Waals surface area (Å²) < 4.78 is -0.273. The van der Waals surface area contributed by atoms with E-state index in [1.54, 1.807) is 0 Å². The minimum Gasteiger partial charge on any atom is -0.632 e. The van der Waals surface area contributed by atoms with Gasteiger partial charge >= 0.3 is 0 Å². The molecule has 1 aliphatic rings. The van der Waals surface area contributed by atoms with Crippen molar-refractivity contribution >= 4 is 0 Å². The summed E-state index contributed by atoms with van der Waals surface area (Å²) in [5.74, 6) is 0. The topological polar surface area (TPSA) is 46.1 Å². The summed E-state index contributed by atoms with van der Waals surface area (Å²) in [5.41, 5.74) is 0. The Balaban J connectivity index is 2.44. The number of piperazine rings is 1. The molecule has 1 aliphatic heterocycles. The summed E-state index contributed by atoms with van der Waals surface area (Å²) in [6, 6.07) is 0. The molecule has 0 N–H and O–H groups in total. The van der Waals surface area contributed by atoms with Crippen LogP contribution >= 0.6 is 0 Å². The van der Waals surface area contributed by atoms with E-state index in [1.807, 2.05) is 13.8 Å². The van der Waals surface area contributed by atoms with Crippen LogP contribution in [0.15, 0.2) is 0 Å². The summed E-state index contributed by atoms with van der Waals surface area (Å²) in [4.78, 5) is 0. The molecule has 4 nitrogen and oxygen atoms in total. The van der Waals surface area contributed by atoms with Gasteiger partial charge in [-0.05, 0) is 12.8 Å². The molecule has 14 heavy (non-hydrogen) atoms. The quantitative estimate of drug-likeness (QED) is 0.511. The zero-order valence-electron chi connectivity index (χ0n) is 9.37. The molecule has 0 radical (unpaired) electrons. The van der Waals surface area contributed by atoms with Crippen molar-refractivity contribution in [3.63, 3.8) is 0 Å². The van der Waals surface area contributed by atoms with Gasteiger partial charge in [0.1, 0.15) is 26.2 Å². The van der Waals surface area contributed by atoms with E-state index in [9.17, 15) is 10.4 Å². The standard InChI is InChI=1S/C10H22N2O2/c1-3-5-11(13)7-9-12(14,6-4-2)10-8-11/h3-10H2,1-2H3. The molecular weight excluding hydrogens is 180 g/mol. The molecule has 1 saturated heterocycles. The van der Waals surface area contributed by atoms with E-state index in [0.717, 1.165) is 12.8 Å². The lowest BCUT2D eigenvalue weighted by Crippen LogP contribution is -2.62. The van der Waals surface area contributed by atoms with Gasteiger partial charge in [0.15, 0.2) is 0 Å². The molecule has 0 atom stereocenters. The molecule has 0 saturated carbocycles. The number of rotatable bonds is 4. The fraction of sp³-hybridized carbons (Fsp3) is 1.00. The van der Waals surface area contributed by atoms with Crippen LogP contribution in [-0.4, -0.2) is 48.6 Å². The maximum absolute atomic E-state index is 12.0. The largest absolute Gasteiger partial charge is 0.632 e. The third-order valence-electron chi connectivity index (χ3n) is 3.09. The van der Waals surface area contributed by atoms with Crippen molar-refractivity contribution in [2.75, 3.05) is 39.3 Å². The van der Waals surface area contributed by atoms with Crippen LogP contribution in [0.1, 0.15) is 26.7 Å². The number of quaternary nitrogens is 2. The van der Waals surface area contributed by atoms with Gasteiger partial charge < -0.3 is 19.7 Å². The highest BCUT2D eigenvalue weighted by molar-refractivity contribution is 4.55. The fourth-order valence-corrected chi connectivity index (χ4v) is 2.21. The van der Waals surface area contributed by atoms with Crippen LogP contribution in [0.4, 0.5) is 0 Å². The predicted molar refractivity (Wildman–Crippen MR) is 57.0 cm³/mol. The minimum atomic E-state index is -0.136. The Hall–Kier alpha value is -0.160. The van der Waals surface area contributed by atoms with Crippen LogP contribution in [0.3, 0.4) is 0 Å². The van der Waals surface area contributed by atoms with Gasteiger partial charge in [-0.25, -0.2) is 0 Å². The maximum Gasteiger partial charge on any atom is 0.129 e. The first-order valence-corrected chi connectivity index (χ1v) is 5.68. The Morgan fingerprint density at radius 2 is 1.07 bits per heavy atom. The second-order valence-electron chi connectivity index (χ2n) is 4.46. The molecule has 4 heteroatoms. The van der Waals surface area contributed by atoms with Gasteiger partial charge in [-0.3, -0.25) is 0 Å². The summed E-state index contributed by atoms with van der Waals surface area (Å²) in [6.07, 6.45) is 1.83. The number of nitrogens with zero attached hydrogens (tertiary/aromatic N) is 2. The van der Waals surface area contributed by atoms with E-state index in [2.05, 4.69) is 0 Å². The molecule has 0 spiro atoms. The van der Waals surface area contributed by atoms with E-state index in [4.69, 9.17) is 0 Å². The molecule has 1 rings (SSSR count). The number of hydrogen-bond acceptors (Lipinski definition) is 2.